The van der Waals surface area contributed by atoms with Crippen molar-refractivity contribution in [3.05, 3.63) is 59.0 Å². The summed E-state index contributed by atoms with van der Waals surface area (Å²) in [5.41, 5.74) is 0.448. The molecular formula is C16H15ClN6O2. The largest absolute Gasteiger partial charge is 0.486 e. The van der Waals surface area contributed by atoms with Gasteiger partial charge in [0.2, 0.25) is 0 Å². The summed E-state index contributed by atoms with van der Waals surface area (Å²) in [6.45, 7) is 2.81. The molecular weight excluding hydrogens is 344 g/mol. The number of tetrazole rings is 1. The summed E-state index contributed by atoms with van der Waals surface area (Å²) < 4.78 is 7.31. The topological polar surface area (TPSA) is 94.8 Å². The molecule has 0 aliphatic heterocycles. The van der Waals surface area contributed by atoms with Gasteiger partial charge in [0.25, 0.3) is 5.91 Å². The van der Waals surface area contributed by atoms with Gasteiger partial charge in [-0.25, -0.2) is 9.67 Å². The van der Waals surface area contributed by atoms with Crippen molar-refractivity contribution >= 4 is 23.3 Å². The van der Waals surface area contributed by atoms with Crippen LogP contribution in [0.25, 0.3) is 0 Å². The minimum Gasteiger partial charge on any atom is -0.486 e. The highest BCUT2D eigenvalue weighted by atomic mass is 35.5. The van der Waals surface area contributed by atoms with E-state index in [1.54, 1.807) is 41.1 Å². The Balaban J connectivity index is 1.66. The summed E-state index contributed by atoms with van der Waals surface area (Å²) >= 11 is 5.78. The molecule has 0 fully saturated rings. The number of pyridine rings is 1. The lowest BCUT2D eigenvalue weighted by Gasteiger charge is -2.08. The number of carbonyl (C=O) groups is 1. The van der Waals surface area contributed by atoms with E-state index < -0.39 is 0 Å². The Morgan fingerprint density at radius 2 is 2.20 bits per heavy atom. The molecule has 3 aromatic rings. The van der Waals surface area contributed by atoms with Crippen LogP contribution in [-0.2, 0) is 13.2 Å². The lowest BCUT2D eigenvalue weighted by atomic mass is 10.2. The van der Waals surface area contributed by atoms with E-state index in [1.807, 2.05) is 6.92 Å². The number of anilines is 1. The van der Waals surface area contributed by atoms with Crippen molar-refractivity contribution in [3.63, 3.8) is 0 Å². The molecule has 3 rings (SSSR count). The lowest BCUT2D eigenvalue weighted by Crippen LogP contribution is -2.13. The number of carbonyl (C=O) groups excluding carboxylic acids is 1. The second kappa shape index (κ2) is 7.71. The normalized spacial score (nSPS) is 10.5. The summed E-state index contributed by atoms with van der Waals surface area (Å²) in [5.74, 6) is 1.28. The van der Waals surface area contributed by atoms with Crippen molar-refractivity contribution in [2.45, 2.75) is 20.1 Å². The Morgan fingerprint density at radius 1 is 1.32 bits per heavy atom. The Morgan fingerprint density at radius 3 is 2.96 bits per heavy atom. The number of benzene rings is 1. The molecule has 0 saturated heterocycles. The molecule has 0 spiro atoms. The van der Waals surface area contributed by atoms with Crippen molar-refractivity contribution < 1.29 is 9.53 Å². The Bertz CT molecular complexity index is 865. The van der Waals surface area contributed by atoms with Crippen molar-refractivity contribution in [3.8, 4) is 5.75 Å². The fourth-order valence-electron chi connectivity index (χ4n) is 2.09. The minimum atomic E-state index is -0.293. The minimum absolute atomic E-state index is 0.213. The molecule has 0 aliphatic carbocycles. The average molecular weight is 359 g/mol. The molecule has 128 valence electrons. The summed E-state index contributed by atoms with van der Waals surface area (Å²) in [5, 5.41) is 14.6. The van der Waals surface area contributed by atoms with Gasteiger partial charge in [-0.15, -0.1) is 5.10 Å². The first-order valence-electron chi connectivity index (χ1n) is 7.56. The molecule has 0 saturated carbocycles. The number of nitrogens with one attached hydrogen (secondary N) is 1. The molecule has 0 bridgehead atoms. The van der Waals surface area contributed by atoms with Gasteiger partial charge in [0, 0.05) is 18.3 Å². The van der Waals surface area contributed by atoms with E-state index in [-0.39, 0.29) is 12.5 Å². The lowest BCUT2D eigenvalue weighted by molar-refractivity contribution is 0.102. The van der Waals surface area contributed by atoms with E-state index >= 15 is 0 Å². The van der Waals surface area contributed by atoms with Crippen LogP contribution in [0.15, 0.2) is 42.6 Å². The number of halogens is 1. The maximum absolute atomic E-state index is 12.3. The van der Waals surface area contributed by atoms with E-state index in [0.29, 0.717) is 34.5 Å². The molecule has 1 aromatic carbocycles. The fraction of sp³-hybridized carbons (Fsp3) is 0.188. The fourth-order valence-corrected chi connectivity index (χ4v) is 2.20. The van der Waals surface area contributed by atoms with Gasteiger partial charge in [-0.1, -0.05) is 17.7 Å². The molecule has 1 amide bonds. The van der Waals surface area contributed by atoms with E-state index in [9.17, 15) is 4.79 Å². The SMILES string of the molecule is CCn1nnnc1COc1cccc(C(=O)Nc2ccc(Cl)cn2)c1. The van der Waals surface area contributed by atoms with Crippen molar-refractivity contribution in [1.82, 2.24) is 25.2 Å². The number of rotatable bonds is 6. The van der Waals surface area contributed by atoms with Crippen LogP contribution >= 0.6 is 11.6 Å². The average Bonchev–Trinajstić information content (AvgIpc) is 3.10. The van der Waals surface area contributed by atoms with Crippen LogP contribution < -0.4 is 10.1 Å². The van der Waals surface area contributed by atoms with Crippen LogP contribution in [-0.4, -0.2) is 31.1 Å². The van der Waals surface area contributed by atoms with E-state index in [0.717, 1.165) is 0 Å². The third-order valence-corrected chi connectivity index (χ3v) is 3.56. The van der Waals surface area contributed by atoms with Gasteiger partial charge in [-0.05, 0) is 47.7 Å². The molecule has 9 heteroatoms. The zero-order valence-corrected chi connectivity index (χ0v) is 14.1. The van der Waals surface area contributed by atoms with Crippen LogP contribution in [0, 0.1) is 0 Å². The monoisotopic (exact) mass is 358 g/mol. The molecule has 0 radical (unpaired) electrons. The molecule has 2 heterocycles. The van der Waals surface area contributed by atoms with Crippen molar-refractivity contribution in [2.24, 2.45) is 0 Å². The number of hydrogen-bond donors (Lipinski definition) is 1. The second-order valence-corrected chi connectivity index (χ2v) is 5.48. The molecule has 25 heavy (non-hydrogen) atoms. The Hall–Kier alpha value is -3.00. The molecule has 0 unspecified atom stereocenters. The smallest absolute Gasteiger partial charge is 0.256 e. The molecule has 0 aliphatic rings. The van der Waals surface area contributed by atoms with Crippen LogP contribution in [0.4, 0.5) is 5.82 Å². The first-order chi connectivity index (χ1) is 12.2. The van der Waals surface area contributed by atoms with E-state index in [2.05, 4.69) is 25.8 Å². The molecule has 8 nitrogen and oxygen atoms in total. The summed E-state index contributed by atoms with van der Waals surface area (Å²) in [6.07, 6.45) is 1.47. The highest BCUT2D eigenvalue weighted by molar-refractivity contribution is 6.30. The first kappa shape index (κ1) is 16.8. The Kier molecular flexibility index (Phi) is 5.20. The van der Waals surface area contributed by atoms with Crippen LogP contribution in [0.3, 0.4) is 0 Å². The molecule has 2 aromatic heterocycles. The third-order valence-electron chi connectivity index (χ3n) is 3.34. The van der Waals surface area contributed by atoms with E-state index in [4.69, 9.17) is 16.3 Å². The predicted octanol–water partition coefficient (Wildman–Crippen LogP) is 2.57. The highest BCUT2D eigenvalue weighted by Crippen LogP contribution is 2.16. The van der Waals surface area contributed by atoms with Crippen LogP contribution in [0.1, 0.15) is 23.1 Å². The number of ether oxygens (including phenoxy) is 1. The van der Waals surface area contributed by atoms with Crippen molar-refractivity contribution in [2.75, 3.05) is 5.32 Å². The van der Waals surface area contributed by atoms with Gasteiger partial charge in [-0.2, -0.15) is 0 Å². The van der Waals surface area contributed by atoms with Crippen molar-refractivity contribution in [1.29, 1.82) is 0 Å². The van der Waals surface area contributed by atoms with Gasteiger partial charge in [0.1, 0.15) is 18.2 Å². The predicted molar refractivity (Wildman–Crippen MR) is 91.5 cm³/mol. The molecule has 0 atom stereocenters. The number of aromatic nitrogens is 5. The van der Waals surface area contributed by atoms with Crippen LogP contribution in [0.2, 0.25) is 5.02 Å². The number of hydrogen-bond acceptors (Lipinski definition) is 6. The maximum Gasteiger partial charge on any atom is 0.256 e. The third kappa shape index (κ3) is 4.30. The number of amides is 1. The quantitative estimate of drug-likeness (QED) is 0.727. The van der Waals surface area contributed by atoms with E-state index in [1.165, 1.54) is 6.20 Å². The van der Waals surface area contributed by atoms with Crippen LogP contribution in [0.5, 0.6) is 5.75 Å². The standard InChI is InChI=1S/C16H15ClN6O2/c1-2-23-15(20-21-22-23)10-25-13-5-3-4-11(8-13)16(24)19-14-7-6-12(17)9-18-14/h3-9H,2,10H2,1H3,(H,18,19,24). The zero-order valence-electron chi connectivity index (χ0n) is 13.4. The summed E-state index contributed by atoms with van der Waals surface area (Å²) in [4.78, 5) is 16.3. The first-order valence-corrected chi connectivity index (χ1v) is 7.94. The summed E-state index contributed by atoms with van der Waals surface area (Å²) in [7, 11) is 0. The van der Waals surface area contributed by atoms with Gasteiger partial charge in [0.15, 0.2) is 5.82 Å². The number of aryl methyl sites for hydroxylation is 1. The highest BCUT2D eigenvalue weighted by Gasteiger charge is 2.10. The van der Waals surface area contributed by atoms with Gasteiger partial charge >= 0.3 is 0 Å². The van der Waals surface area contributed by atoms with Gasteiger partial charge in [-0.3, -0.25) is 4.79 Å². The van der Waals surface area contributed by atoms with Gasteiger partial charge in [0.05, 0.1) is 5.02 Å². The maximum atomic E-state index is 12.3. The zero-order chi connectivity index (χ0) is 17.6. The number of nitrogens with zero attached hydrogens (tertiary/aromatic N) is 5. The summed E-state index contributed by atoms with van der Waals surface area (Å²) in [6, 6.07) is 10.1. The Labute approximate surface area is 148 Å². The molecule has 1 N–H and O–H groups in total. The van der Waals surface area contributed by atoms with Gasteiger partial charge < -0.3 is 10.1 Å². The second-order valence-electron chi connectivity index (χ2n) is 5.04.